The fourth-order valence-electron chi connectivity index (χ4n) is 3.74. The topological polar surface area (TPSA) is 69.8 Å². The number of hydrogen-bond acceptors (Lipinski definition) is 3. The standard InChI is InChI=1S/C24H25F3N4O/c1-14-6-9-19(15(2)10-14)22(28-13-16-7-8-16)17-4-3-5-18(11-17)29-23(32)20-12-21(31-30-20)24(25,26)27/h3-6,9-12,16,22,28H,7-8,13H2,1-2H3,(H,29,32)(H,30,31). The Bertz CT molecular complexity index is 1120. The number of alkyl halides is 3. The molecule has 3 N–H and O–H groups in total. The van der Waals surface area contributed by atoms with Gasteiger partial charge >= 0.3 is 6.18 Å². The number of benzene rings is 2. The summed E-state index contributed by atoms with van der Waals surface area (Å²) >= 11 is 0. The van der Waals surface area contributed by atoms with Crippen molar-refractivity contribution < 1.29 is 18.0 Å². The smallest absolute Gasteiger partial charge is 0.321 e. The van der Waals surface area contributed by atoms with Crippen LogP contribution in [0.5, 0.6) is 0 Å². The minimum atomic E-state index is -4.61. The third-order valence-corrected chi connectivity index (χ3v) is 5.63. The van der Waals surface area contributed by atoms with E-state index in [1.54, 1.807) is 6.07 Å². The second-order valence-electron chi connectivity index (χ2n) is 8.39. The van der Waals surface area contributed by atoms with E-state index < -0.39 is 17.8 Å². The molecule has 32 heavy (non-hydrogen) atoms. The third kappa shape index (κ3) is 5.19. The van der Waals surface area contributed by atoms with Gasteiger partial charge < -0.3 is 10.6 Å². The Kier molecular flexibility index (Phi) is 6.06. The first-order chi connectivity index (χ1) is 15.2. The maximum absolute atomic E-state index is 12.8. The van der Waals surface area contributed by atoms with Gasteiger partial charge in [-0.15, -0.1) is 0 Å². The monoisotopic (exact) mass is 442 g/mol. The number of aryl methyl sites for hydroxylation is 2. The number of nitrogens with one attached hydrogen (secondary N) is 3. The molecule has 1 fully saturated rings. The number of carbonyl (C=O) groups is 1. The van der Waals surface area contributed by atoms with Crippen LogP contribution in [-0.2, 0) is 6.18 Å². The molecule has 5 nitrogen and oxygen atoms in total. The summed E-state index contributed by atoms with van der Waals surface area (Å²) < 4.78 is 38.3. The van der Waals surface area contributed by atoms with Crippen molar-refractivity contribution in [3.8, 4) is 0 Å². The number of H-pyrrole nitrogens is 1. The Morgan fingerprint density at radius 3 is 2.59 bits per heavy atom. The lowest BCUT2D eigenvalue weighted by molar-refractivity contribution is -0.141. The van der Waals surface area contributed by atoms with E-state index in [1.807, 2.05) is 18.2 Å². The van der Waals surface area contributed by atoms with E-state index >= 15 is 0 Å². The third-order valence-electron chi connectivity index (χ3n) is 5.63. The summed E-state index contributed by atoms with van der Waals surface area (Å²) in [5, 5.41) is 11.7. The minimum absolute atomic E-state index is 0.0583. The first-order valence-corrected chi connectivity index (χ1v) is 10.5. The van der Waals surface area contributed by atoms with Crippen molar-refractivity contribution >= 4 is 11.6 Å². The predicted molar refractivity (Wildman–Crippen MR) is 116 cm³/mol. The number of nitrogens with zero attached hydrogens (tertiary/aromatic N) is 1. The molecule has 1 atom stereocenters. The van der Waals surface area contributed by atoms with E-state index in [2.05, 4.69) is 52.9 Å². The molecule has 1 amide bonds. The van der Waals surface area contributed by atoms with Gasteiger partial charge in [0, 0.05) is 11.8 Å². The number of hydrogen-bond donors (Lipinski definition) is 3. The van der Waals surface area contributed by atoms with Gasteiger partial charge in [-0.05, 0) is 68.0 Å². The van der Waals surface area contributed by atoms with Crippen molar-refractivity contribution in [2.45, 2.75) is 38.9 Å². The number of carbonyl (C=O) groups excluding carboxylic acids is 1. The number of rotatable bonds is 7. The normalized spacial score (nSPS) is 14.9. The molecule has 1 saturated carbocycles. The molecule has 1 aliphatic carbocycles. The highest BCUT2D eigenvalue weighted by Crippen LogP contribution is 2.32. The predicted octanol–water partition coefficient (Wildman–Crippen LogP) is 5.39. The van der Waals surface area contributed by atoms with Crippen LogP contribution < -0.4 is 10.6 Å². The van der Waals surface area contributed by atoms with Crippen LogP contribution in [0.1, 0.15) is 57.3 Å². The van der Waals surface area contributed by atoms with Gasteiger partial charge in [-0.2, -0.15) is 18.3 Å². The van der Waals surface area contributed by atoms with Crippen LogP contribution in [0.25, 0.3) is 0 Å². The summed E-state index contributed by atoms with van der Waals surface area (Å²) in [6, 6.07) is 14.4. The largest absolute Gasteiger partial charge is 0.435 e. The summed E-state index contributed by atoms with van der Waals surface area (Å²) in [6.07, 6.45) is -2.15. The first-order valence-electron chi connectivity index (χ1n) is 10.5. The molecule has 0 saturated heterocycles. The lowest BCUT2D eigenvalue weighted by atomic mass is 9.93. The molecule has 0 spiro atoms. The second-order valence-corrected chi connectivity index (χ2v) is 8.39. The Morgan fingerprint density at radius 2 is 1.94 bits per heavy atom. The van der Waals surface area contributed by atoms with Crippen LogP contribution in [0, 0.1) is 19.8 Å². The molecule has 2 aromatic carbocycles. The molecule has 1 aliphatic rings. The van der Waals surface area contributed by atoms with Crippen LogP contribution in [0.4, 0.5) is 18.9 Å². The van der Waals surface area contributed by atoms with E-state index in [-0.39, 0.29) is 11.7 Å². The lowest BCUT2D eigenvalue weighted by Gasteiger charge is -2.23. The maximum Gasteiger partial charge on any atom is 0.435 e. The highest BCUT2D eigenvalue weighted by molar-refractivity contribution is 6.02. The van der Waals surface area contributed by atoms with Gasteiger partial charge in [0.25, 0.3) is 5.91 Å². The minimum Gasteiger partial charge on any atom is -0.321 e. The van der Waals surface area contributed by atoms with Crippen LogP contribution in [-0.4, -0.2) is 22.6 Å². The summed E-state index contributed by atoms with van der Waals surface area (Å²) in [5.41, 5.74) is 3.60. The van der Waals surface area contributed by atoms with Crippen molar-refractivity contribution in [1.82, 2.24) is 15.5 Å². The van der Waals surface area contributed by atoms with Gasteiger partial charge in [0.2, 0.25) is 0 Å². The Hall–Kier alpha value is -3.13. The zero-order chi connectivity index (χ0) is 22.9. The van der Waals surface area contributed by atoms with Gasteiger partial charge in [-0.3, -0.25) is 9.89 Å². The zero-order valence-corrected chi connectivity index (χ0v) is 17.9. The fraction of sp³-hybridized carbons (Fsp3) is 0.333. The molecule has 0 radical (unpaired) electrons. The van der Waals surface area contributed by atoms with E-state index in [0.717, 1.165) is 17.7 Å². The molecule has 8 heteroatoms. The fourth-order valence-corrected chi connectivity index (χ4v) is 3.74. The Morgan fingerprint density at radius 1 is 1.16 bits per heavy atom. The zero-order valence-electron chi connectivity index (χ0n) is 17.9. The number of aromatic nitrogens is 2. The van der Waals surface area contributed by atoms with Crippen molar-refractivity contribution in [2.75, 3.05) is 11.9 Å². The van der Waals surface area contributed by atoms with E-state index in [1.165, 1.54) is 24.0 Å². The number of anilines is 1. The molecule has 3 aromatic rings. The molecule has 1 heterocycles. The van der Waals surface area contributed by atoms with Crippen molar-refractivity contribution in [2.24, 2.45) is 5.92 Å². The Labute approximate surface area is 184 Å². The molecule has 0 aliphatic heterocycles. The van der Waals surface area contributed by atoms with Gasteiger partial charge in [-0.1, -0.05) is 35.9 Å². The second kappa shape index (κ2) is 8.78. The van der Waals surface area contributed by atoms with Gasteiger partial charge in [-0.25, -0.2) is 0 Å². The highest BCUT2D eigenvalue weighted by atomic mass is 19.4. The molecular formula is C24H25F3N4O. The van der Waals surface area contributed by atoms with Gasteiger partial charge in [0.1, 0.15) is 5.69 Å². The van der Waals surface area contributed by atoms with Crippen LogP contribution >= 0.6 is 0 Å². The van der Waals surface area contributed by atoms with E-state index in [4.69, 9.17) is 0 Å². The van der Waals surface area contributed by atoms with Crippen LogP contribution in [0.2, 0.25) is 0 Å². The summed E-state index contributed by atoms with van der Waals surface area (Å²) in [5.74, 6) is 0.00787. The molecular weight excluding hydrogens is 417 g/mol. The number of halogens is 3. The lowest BCUT2D eigenvalue weighted by Crippen LogP contribution is -2.25. The maximum atomic E-state index is 12.8. The van der Waals surface area contributed by atoms with Crippen molar-refractivity contribution in [3.05, 3.63) is 82.2 Å². The van der Waals surface area contributed by atoms with Gasteiger partial charge in [0.05, 0.1) is 6.04 Å². The average Bonchev–Trinajstić information content (AvgIpc) is 3.40. The Balaban J connectivity index is 1.57. The number of amides is 1. The van der Waals surface area contributed by atoms with E-state index in [0.29, 0.717) is 17.7 Å². The van der Waals surface area contributed by atoms with Gasteiger partial charge in [0.15, 0.2) is 5.69 Å². The quantitative estimate of drug-likeness (QED) is 0.460. The highest BCUT2D eigenvalue weighted by Gasteiger charge is 2.34. The summed E-state index contributed by atoms with van der Waals surface area (Å²) in [6.45, 7) is 5.04. The summed E-state index contributed by atoms with van der Waals surface area (Å²) in [7, 11) is 0. The van der Waals surface area contributed by atoms with Crippen LogP contribution in [0.15, 0.2) is 48.5 Å². The number of aromatic amines is 1. The van der Waals surface area contributed by atoms with Crippen molar-refractivity contribution in [1.29, 1.82) is 0 Å². The SMILES string of the molecule is Cc1ccc(C(NCC2CC2)c2cccc(NC(=O)c3cc(C(F)(F)F)n[nH]3)c2)c(C)c1. The molecule has 4 rings (SSSR count). The molecule has 1 aromatic heterocycles. The van der Waals surface area contributed by atoms with E-state index in [9.17, 15) is 18.0 Å². The van der Waals surface area contributed by atoms with Crippen LogP contribution in [0.3, 0.4) is 0 Å². The van der Waals surface area contributed by atoms with Crippen molar-refractivity contribution in [3.63, 3.8) is 0 Å². The average molecular weight is 442 g/mol. The molecule has 1 unspecified atom stereocenters. The molecule has 0 bridgehead atoms. The molecule has 168 valence electrons. The summed E-state index contributed by atoms with van der Waals surface area (Å²) in [4.78, 5) is 12.5. The first kappa shape index (κ1) is 22.1.